The molecule has 10 heteroatoms. The van der Waals surface area contributed by atoms with Crippen LogP contribution in [0.15, 0.2) is 17.0 Å². The first-order chi connectivity index (χ1) is 8.81. The molecule has 0 unspecified atom stereocenters. The van der Waals surface area contributed by atoms with Gasteiger partial charge in [0.2, 0.25) is 10.0 Å². The summed E-state index contributed by atoms with van der Waals surface area (Å²) in [6.45, 7) is -0.192. The predicted octanol–water partition coefficient (Wildman–Crippen LogP) is 1.56. The highest BCUT2D eigenvalue weighted by Gasteiger charge is 2.27. The molecule has 0 bridgehead atoms. The van der Waals surface area contributed by atoms with Crippen LogP contribution < -0.4 is 4.72 Å². The summed E-state index contributed by atoms with van der Waals surface area (Å²) >= 11 is 11.3. The zero-order valence-corrected chi connectivity index (χ0v) is 11.8. The van der Waals surface area contributed by atoms with E-state index in [1.54, 1.807) is 0 Å². The van der Waals surface area contributed by atoms with Crippen molar-refractivity contribution < 1.29 is 18.4 Å². The first kappa shape index (κ1) is 16.1. The summed E-state index contributed by atoms with van der Waals surface area (Å²) in [4.78, 5) is 9.49. The Morgan fingerprint density at radius 1 is 1.37 bits per heavy atom. The number of nitrogens with zero attached hydrogens (tertiary/aromatic N) is 1. The van der Waals surface area contributed by atoms with Crippen LogP contribution in [0.4, 0.5) is 5.69 Å². The van der Waals surface area contributed by atoms with E-state index in [1.165, 1.54) is 0 Å². The molecule has 1 aromatic rings. The Balaban J connectivity index is 3.21. The number of hydrogen-bond donors (Lipinski definition) is 2. The summed E-state index contributed by atoms with van der Waals surface area (Å²) in [5, 5.41) is 18.6. The van der Waals surface area contributed by atoms with Gasteiger partial charge < -0.3 is 5.11 Å². The normalized spacial score (nSPS) is 11.5. The van der Waals surface area contributed by atoms with Crippen molar-refractivity contribution in [3.8, 4) is 0 Å². The highest BCUT2D eigenvalue weighted by molar-refractivity contribution is 7.89. The molecule has 7 nitrogen and oxygen atoms in total. The second-order valence-electron chi connectivity index (χ2n) is 3.44. The summed E-state index contributed by atoms with van der Waals surface area (Å²) in [6, 6.07) is 2.17. The second-order valence-corrected chi connectivity index (χ2v) is 5.96. The van der Waals surface area contributed by atoms with Crippen molar-refractivity contribution in [2.75, 3.05) is 13.2 Å². The van der Waals surface area contributed by atoms with Gasteiger partial charge in [-0.2, -0.15) is 0 Å². The van der Waals surface area contributed by atoms with Crippen LogP contribution in [0.1, 0.15) is 6.42 Å². The zero-order chi connectivity index (χ0) is 14.6. The summed E-state index contributed by atoms with van der Waals surface area (Å²) in [6.07, 6.45) is 0.215. The fraction of sp³-hybridized carbons (Fsp3) is 0.333. The van der Waals surface area contributed by atoms with Crippen molar-refractivity contribution in [1.29, 1.82) is 0 Å². The molecule has 0 spiro atoms. The molecule has 0 aliphatic heterocycles. The summed E-state index contributed by atoms with van der Waals surface area (Å²) < 4.78 is 25.9. The van der Waals surface area contributed by atoms with Gasteiger partial charge in [-0.25, -0.2) is 13.1 Å². The number of hydrogen-bond acceptors (Lipinski definition) is 5. The molecule has 0 amide bonds. The summed E-state index contributed by atoms with van der Waals surface area (Å²) in [5.41, 5.74) is -0.659. The molecule has 0 fully saturated rings. The van der Waals surface area contributed by atoms with Crippen LogP contribution in [-0.2, 0) is 10.0 Å². The molecule has 1 rings (SSSR count). The zero-order valence-electron chi connectivity index (χ0n) is 9.47. The molecular formula is C9H10Cl2N2O5S. The number of aliphatic hydroxyl groups is 1. The molecule has 1 aromatic carbocycles. The number of halogens is 2. The highest BCUT2D eigenvalue weighted by Crippen LogP contribution is 2.36. The quantitative estimate of drug-likeness (QED) is 0.468. The molecule has 106 valence electrons. The van der Waals surface area contributed by atoms with E-state index in [0.29, 0.717) is 0 Å². The van der Waals surface area contributed by atoms with Crippen LogP contribution in [0, 0.1) is 10.1 Å². The van der Waals surface area contributed by atoms with Gasteiger partial charge in [0.05, 0.1) is 4.92 Å². The second kappa shape index (κ2) is 6.49. The lowest BCUT2D eigenvalue weighted by Crippen LogP contribution is -2.25. The maximum atomic E-state index is 11.9. The number of sulfonamides is 1. The van der Waals surface area contributed by atoms with E-state index in [1.807, 2.05) is 0 Å². The van der Waals surface area contributed by atoms with E-state index in [-0.39, 0.29) is 24.6 Å². The summed E-state index contributed by atoms with van der Waals surface area (Å²) in [5.74, 6) is 0. The van der Waals surface area contributed by atoms with Gasteiger partial charge >= 0.3 is 5.69 Å². The van der Waals surface area contributed by atoms with Crippen LogP contribution >= 0.6 is 23.2 Å². The number of nitro benzene ring substituents is 1. The lowest BCUT2D eigenvalue weighted by atomic mass is 10.3. The van der Waals surface area contributed by atoms with E-state index in [0.717, 1.165) is 12.1 Å². The van der Waals surface area contributed by atoms with Crippen molar-refractivity contribution in [2.24, 2.45) is 0 Å². The Labute approximate surface area is 119 Å². The van der Waals surface area contributed by atoms with Gasteiger partial charge in [0.15, 0.2) is 0 Å². The minimum absolute atomic E-state index is 0.00835. The first-order valence-electron chi connectivity index (χ1n) is 5.04. The van der Waals surface area contributed by atoms with E-state index >= 15 is 0 Å². The molecule has 2 N–H and O–H groups in total. The number of aliphatic hydroxyl groups excluding tert-OH is 1. The maximum absolute atomic E-state index is 11.9. The summed E-state index contributed by atoms with van der Waals surface area (Å²) in [7, 11) is -3.99. The average molecular weight is 329 g/mol. The van der Waals surface area contributed by atoms with Crippen molar-refractivity contribution in [1.82, 2.24) is 4.72 Å². The molecule has 0 heterocycles. The lowest BCUT2D eigenvalue weighted by molar-refractivity contribution is -0.384. The third-order valence-corrected chi connectivity index (χ3v) is 4.43. The standard InChI is InChI=1S/C9H10Cl2N2O5S/c10-6-2-3-7(8(11)9(6)13(15)16)19(17,18)12-4-1-5-14/h2-3,12,14H,1,4-5H2. The molecule has 0 radical (unpaired) electrons. The Morgan fingerprint density at radius 2 is 2.00 bits per heavy atom. The molecule has 0 aliphatic rings. The van der Waals surface area contributed by atoms with Gasteiger partial charge in [-0.05, 0) is 18.6 Å². The topological polar surface area (TPSA) is 110 Å². The van der Waals surface area contributed by atoms with Crippen LogP contribution in [0.25, 0.3) is 0 Å². The Morgan fingerprint density at radius 3 is 2.53 bits per heavy atom. The van der Waals surface area contributed by atoms with Crippen molar-refractivity contribution in [3.05, 3.63) is 32.3 Å². The molecule has 19 heavy (non-hydrogen) atoms. The van der Waals surface area contributed by atoms with Crippen LogP contribution in [-0.4, -0.2) is 31.6 Å². The fourth-order valence-electron chi connectivity index (χ4n) is 1.26. The van der Waals surface area contributed by atoms with Crippen LogP contribution in [0.2, 0.25) is 10.0 Å². The first-order valence-corrected chi connectivity index (χ1v) is 7.28. The number of nitrogens with one attached hydrogen (secondary N) is 1. The molecule has 0 saturated heterocycles. The molecule has 0 aromatic heterocycles. The van der Waals surface area contributed by atoms with Gasteiger partial charge in [-0.1, -0.05) is 23.2 Å². The van der Waals surface area contributed by atoms with Crippen LogP contribution in [0.3, 0.4) is 0 Å². The Bertz CT molecular complexity index is 591. The third-order valence-electron chi connectivity index (χ3n) is 2.13. The minimum Gasteiger partial charge on any atom is -0.396 e. The largest absolute Gasteiger partial charge is 0.396 e. The van der Waals surface area contributed by atoms with Gasteiger partial charge in [0.1, 0.15) is 14.9 Å². The monoisotopic (exact) mass is 328 g/mol. The molecule has 0 aliphatic carbocycles. The third kappa shape index (κ3) is 3.77. The maximum Gasteiger partial charge on any atom is 0.307 e. The van der Waals surface area contributed by atoms with E-state index < -0.39 is 30.6 Å². The van der Waals surface area contributed by atoms with Crippen LogP contribution in [0.5, 0.6) is 0 Å². The van der Waals surface area contributed by atoms with Crippen molar-refractivity contribution in [3.63, 3.8) is 0 Å². The molecule has 0 atom stereocenters. The smallest absolute Gasteiger partial charge is 0.307 e. The van der Waals surface area contributed by atoms with Crippen molar-refractivity contribution >= 4 is 38.9 Å². The lowest BCUT2D eigenvalue weighted by Gasteiger charge is -2.08. The van der Waals surface area contributed by atoms with Gasteiger partial charge in [-0.15, -0.1) is 0 Å². The highest BCUT2D eigenvalue weighted by atomic mass is 35.5. The Hall–Kier alpha value is -0.930. The minimum atomic E-state index is -3.99. The van der Waals surface area contributed by atoms with Crippen molar-refractivity contribution in [2.45, 2.75) is 11.3 Å². The molecule has 0 saturated carbocycles. The number of benzene rings is 1. The Kier molecular flexibility index (Phi) is 5.50. The van der Waals surface area contributed by atoms with Gasteiger partial charge in [0, 0.05) is 13.2 Å². The fourth-order valence-corrected chi connectivity index (χ4v) is 3.22. The SMILES string of the molecule is O=[N+]([O-])c1c(Cl)ccc(S(=O)(=O)NCCCO)c1Cl. The van der Waals surface area contributed by atoms with E-state index in [9.17, 15) is 18.5 Å². The van der Waals surface area contributed by atoms with E-state index in [4.69, 9.17) is 28.3 Å². The predicted molar refractivity (Wildman–Crippen MR) is 70.0 cm³/mol. The average Bonchev–Trinajstić information content (AvgIpc) is 2.28. The molecular weight excluding hydrogens is 319 g/mol. The number of rotatable bonds is 6. The van der Waals surface area contributed by atoms with Gasteiger partial charge in [-0.3, -0.25) is 10.1 Å². The number of nitro groups is 1. The van der Waals surface area contributed by atoms with Gasteiger partial charge in [0.25, 0.3) is 0 Å². The van der Waals surface area contributed by atoms with E-state index in [2.05, 4.69) is 4.72 Å².